The average Bonchev–Trinajstić information content (AvgIpc) is 3.72. The maximum atomic E-state index is 6.35. The minimum atomic E-state index is 0.247. The van der Waals surface area contributed by atoms with Crippen LogP contribution in [0.15, 0.2) is 36.8 Å². The van der Waals surface area contributed by atoms with Crippen LogP contribution in [0.1, 0.15) is 53.4 Å². The third kappa shape index (κ3) is 5.28. The summed E-state index contributed by atoms with van der Waals surface area (Å²) in [5, 5.41) is 14.3. The molecule has 0 amide bonds. The quantitative estimate of drug-likeness (QED) is 0.325. The van der Waals surface area contributed by atoms with Gasteiger partial charge in [-0.3, -0.25) is 9.36 Å². The number of hydrogen-bond acceptors (Lipinski definition) is 7. The highest BCUT2D eigenvalue weighted by Crippen LogP contribution is 2.32. The molecule has 5 aromatic heterocycles. The van der Waals surface area contributed by atoms with E-state index in [-0.39, 0.29) is 6.10 Å². The molecular weight excluding hydrogens is 466 g/mol. The highest BCUT2D eigenvalue weighted by Gasteiger charge is 2.20. The summed E-state index contributed by atoms with van der Waals surface area (Å²) in [7, 11) is 5.74. The Morgan fingerprint density at radius 3 is 2.43 bits per heavy atom. The van der Waals surface area contributed by atoms with E-state index in [4.69, 9.17) is 9.72 Å². The maximum Gasteiger partial charge on any atom is 0.182 e. The van der Waals surface area contributed by atoms with Gasteiger partial charge in [-0.15, -0.1) is 0 Å². The Bertz CT molecular complexity index is 1470. The first kappa shape index (κ1) is 26.1. The van der Waals surface area contributed by atoms with Crippen LogP contribution in [0.25, 0.3) is 33.6 Å². The summed E-state index contributed by atoms with van der Waals surface area (Å²) in [6.45, 7) is 8.00. The Kier molecular flexibility index (Phi) is 8.05. The summed E-state index contributed by atoms with van der Waals surface area (Å²) < 4.78 is 11.9. The van der Waals surface area contributed by atoms with Crippen LogP contribution < -0.4 is 10.1 Å². The molecule has 0 saturated heterocycles. The van der Waals surface area contributed by atoms with E-state index >= 15 is 0 Å². The number of rotatable bonds is 5. The summed E-state index contributed by atoms with van der Waals surface area (Å²) in [5.74, 6) is 2.84. The minimum absolute atomic E-state index is 0.247. The predicted octanol–water partition coefficient (Wildman–Crippen LogP) is 5.77. The zero-order valence-electron chi connectivity index (χ0n) is 22.9. The average molecular weight is 504 g/mol. The molecule has 0 spiro atoms. The van der Waals surface area contributed by atoms with Gasteiger partial charge in [0, 0.05) is 51.1 Å². The highest BCUT2D eigenvalue weighted by atomic mass is 16.5. The van der Waals surface area contributed by atoms with E-state index in [0.29, 0.717) is 17.3 Å². The van der Waals surface area contributed by atoms with Crippen molar-refractivity contribution < 1.29 is 4.74 Å². The first-order valence-electron chi connectivity index (χ1n) is 13.1. The number of fused-ring (bicyclic) bond motifs is 2. The van der Waals surface area contributed by atoms with Gasteiger partial charge in [-0.25, -0.2) is 15.0 Å². The maximum absolute atomic E-state index is 6.35. The van der Waals surface area contributed by atoms with Crippen LogP contribution in [-0.2, 0) is 21.1 Å². The number of nitrogens with zero attached hydrogens (tertiary/aromatic N) is 8. The molecule has 1 fully saturated rings. The van der Waals surface area contributed by atoms with E-state index < -0.39 is 0 Å². The standard InChI is InChI=1S/C23H25N9O.2C2H6/c1-30-9-8-14-12-24-21(28-22(14)30)17-10-20(31(2)29-17)26-19-11-18(33-15-6-4-5-7-15)16-13-25-32(3)23(16)27-19;2*1-2/h8-13,15H,4-7H2,1-3H3,(H,26,27);2*1-2H3. The van der Waals surface area contributed by atoms with Gasteiger partial charge in [-0.1, -0.05) is 27.7 Å². The van der Waals surface area contributed by atoms with Gasteiger partial charge in [0.05, 0.1) is 17.7 Å². The number of anilines is 2. The molecule has 0 bridgehead atoms. The number of nitrogens with one attached hydrogen (secondary N) is 1. The third-order valence-corrected chi connectivity index (χ3v) is 6.24. The van der Waals surface area contributed by atoms with Crippen LogP contribution in [-0.4, -0.2) is 45.2 Å². The summed E-state index contributed by atoms with van der Waals surface area (Å²) in [5.41, 5.74) is 2.33. The van der Waals surface area contributed by atoms with E-state index in [1.807, 2.05) is 90.2 Å². The predicted molar refractivity (Wildman–Crippen MR) is 148 cm³/mol. The Balaban J connectivity index is 0.000000765. The van der Waals surface area contributed by atoms with Gasteiger partial charge in [0.1, 0.15) is 28.7 Å². The number of ether oxygens (including phenoxy) is 1. The molecule has 10 nitrogen and oxygen atoms in total. The van der Waals surface area contributed by atoms with Gasteiger partial charge in [0.2, 0.25) is 0 Å². The molecule has 1 N–H and O–H groups in total. The topological polar surface area (TPSA) is 101 Å². The van der Waals surface area contributed by atoms with E-state index in [2.05, 4.69) is 25.5 Å². The van der Waals surface area contributed by atoms with Gasteiger partial charge < -0.3 is 14.6 Å². The van der Waals surface area contributed by atoms with E-state index in [0.717, 1.165) is 46.5 Å². The molecule has 1 saturated carbocycles. The van der Waals surface area contributed by atoms with Crippen molar-refractivity contribution in [1.82, 2.24) is 39.1 Å². The van der Waals surface area contributed by atoms with Crippen molar-refractivity contribution in [1.29, 1.82) is 0 Å². The molecule has 0 atom stereocenters. The van der Waals surface area contributed by atoms with Crippen molar-refractivity contribution in [3.63, 3.8) is 0 Å². The van der Waals surface area contributed by atoms with E-state index in [1.54, 1.807) is 9.36 Å². The van der Waals surface area contributed by atoms with Crippen molar-refractivity contribution in [2.24, 2.45) is 21.1 Å². The van der Waals surface area contributed by atoms with Gasteiger partial charge in [-0.05, 0) is 31.7 Å². The molecule has 6 rings (SSSR count). The molecule has 1 aliphatic rings. The van der Waals surface area contributed by atoms with Crippen molar-refractivity contribution in [3.05, 3.63) is 36.8 Å². The molecule has 0 aliphatic heterocycles. The fourth-order valence-electron chi connectivity index (χ4n) is 4.43. The molecule has 196 valence electrons. The lowest BCUT2D eigenvalue weighted by Gasteiger charge is -2.15. The molecule has 5 aromatic rings. The zero-order valence-corrected chi connectivity index (χ0v) is 22.9. The lowest BCUT2D eigenvalue weighted by molar-refractivity contribution is 0.213. The van der Waals surface area contributed by atoms with Crippen molar-refractivity contribution in [3.8, 4) is 17.3 Å². The SMILES string of the molecule is CC.CC.Cn1nc(-c2ncc3ccn(C)c3n2)cc1Nc1cc(OC2CCCC2)c2cnn(C)c2n1. The van der Waals surface area contributed by atoms with Crippen molar-refractivity contribution in [2.45, 2.75) is 59.5 Å². The van der Waals surface area contributed by atoms with Crippen LogP contribution in [0, 0.1) is 0 Å². The monoisotopic (exact) mass is 503 g/mol. The fourth-order valence-corrected chi connectivity index (χ4v) is 4.43. The van der Waals surface area contributed by atoms with Gasteiger partial charge in [-0.2, -0.15) is 10.2 Å². The van der Waals surface area contributed by atoms with E-state index in [9.17, 15) is 0 Å². The first-order chi connectivity index (χ1) is 18.0. The molecular formula is C27H37N9O. The molecule has 0 aromatic carbocycles. The van der Waals surface area contributed by atoms with Crippen LogP contribution in [0.2, 0.25) is 0 Å². The Labute approximate surface area is 217 Å². The normalized spacial score (nSPS) is 13.3. The lowest BCUT2D eigenvalue weighted by atomic mass is 10.2. The van der Waals surface area contributed by atoms with Crippen molar-refractivity contribution >= 4 is 33.7 Å². The Hall–Kier alpha value is -3.95. The minimum Gasteiger partial charge on any atom is -0.489 e. The second-order valence-corrected chi connectivity index (χ2v) is 8.60. The largest absolute Gasteiger partial charge is 0.489 e. The van der Waals surface area contributed by atoms with Gasteiger partial charge in [0.25, 0.3) is 0 Å². The third-order valence-electron chi connectivity index (χ3n) is 6.24. The lowest BCUT2D eigenvalue weighted by Crippen LogP contribution is -2.11. The molecule has 5 heterocycles. The zero-order chi connectivity index (χ0) is 26.5. The Morgan fingerprint density at radius 2 is 1.68 bits per heavy atom. The molecule has 0 unspecified atom stereocenters. The number of hydrogen-bond donors (Lipinski definition) is 1. The summed E-state index contributed by atoms with van der Waals surface area (Å²) in [6, 6.07) is 5.87. The fraction of sp³-hybridized carbons (Fsp3) is 0.444. The molecule has 0 radical (unpaired) electrons. The van der Waals surface area contributed by atoms with Crippen molar-refractivity contribution in [2.75, 3.05) is 5.32 Å². The molecule has 1 aliphatic carbocycles. The highest BCUT2D eigenvalue weighted by molar-refractivity contribution is 5.84. The number of aromatic nitrogens is 8. The number of aryl methyl sites for hydroxylation is 3. The summed E-state index contributed by atoms with van der Waals surface area (Å²) >= 11 is 0. The van der Waals surface area contributed by atoms with Crippen LogP contribution in [0.4, 0.5) is 11.6 Å². The van der Waals surface area contributed by atoms with Crippen LogP contribution in [0.5, 0.6) is 5.75 Å². The Morgan fingerprint density at radius 1 is 0.919 bits per heavy atom. The number of pyridine rings is 1. The first-order valence-corrected chi connectivity index (χ1v) is 13.1. The second kappa shape index (κ2) is 11.4. The van der Waals surface area contributed by atoms with Gasteiger partial charge >= 0.3 is 0 Å². The second-order valence-electron chi connectivity index (χ2n) is 8.60. The molecule has 10 heteroatoms. The van der Waals surface area contributed by atoms with Crippen LogP contribution >= 0.6 is 0 Å². The molecule has 37 heavy (non-hydrogen) atoms. The van der Waals surface area contributed by atoms with E-state index in [1.165, 1.54) is 12.8 Å². The smallest absolute Gasteiger partial charge is 0.182 e. The summed E-state index contributed by atoms with van der Waals surface area (Å²) in [4.78, 5) is 13.9. The summed E-state index contributed by atoms with van der Waals surface area (Å²) in [6.07, 6.45) is 10.5. The van der Waals surface area contributed by atoms with Crippen LogP contribution in [0.3, 0.4) is 0 Å². The van der Waals surface area contributed by atoms with Gasteiger partial charge in [0.15, 0.2) is 11.5 Å².